The average molecular weight is 333 g/mol. The quantitative estimate of drug-likeness (QED) is 0.577. The van der Waals surface area contributed by atoms with Crippen molar-refractivity contribution in [1.82, 2.24) is 35.3 Å². The molecule has 0 aliphatic heterocycles. The number of pyridine rings is 1. The number of carbonyl (C=O) groups is 1. The summed E-state index contributed by atoms with van der Waals surface area (Å²) in [7, 11) is 0. The molecule has 124 valence electrons. The van der Waals surface area contributed by atoms with Crippen molar-refractivity contribution in [2.45, 2.75) is 13.1 Å². The van der Waals surface area contributed by atoms with Gasteiger partial charge in [0.2, 0.25) is 5.91 Å². The number of nitrogens with one attached hydrogen (secondary N) is 2. The first-order valence-corrected chi connectivity index (χ1v) is 7.80. The number of carbonyl (C=O) groups excluding carboxylic acids is 1. The van der Waals surface area contributed by atoms with Gasteiger partial charge in [0.05, 0.1) is 18.3 Å². The van der Waals surface area contributed by atoms with E-state index in [2.05, 4.69) is 30.6 Å². The van der Waals surface area contributed by atoms with Crippen molar-refractivity contribution in [2.75, 3.05) is 0 Å². The van der Waals surface area contributed by atoms with Crippen LogP contribution in [0.4, 0.5) is 0 Å². The Morgan fingerprint density at radius 2 is 2.04 bits per heavy atom. The summed E-state index contributed by atoms with van der Waals surface area (Å²) in [6, 6.07) is 13.4. The Morgan fingerprint density at radius 3 is 2.88 bits per heavy atom. The largest absolute Gasteiger partial charge is 0.347 e. The lowest BCUT2D eigenvalue weighted by Gasteiger charge is -2.02. The Kier molecular flexibility index (Phi) is 3.91. The SMILES string of the molecule is O=C(Cn1cc(-c2ccccc2)nn1)NCc1nc2ncccc2[nH]1. The summed E-state index contributed by atoms with van der Waals surface area (Å²) >= 11 is 0. The Morgan fingerprint density at radius 1 is 1.16 bits per heavy atom. The Bertz CT molecular complexity index is 973. The van der Waals surface area contributed by atoms with E-state index >= 15 is 0 Å². The fourth-order valence-electron chi connectivity index (χ4n) is 2.48. The van der Waals surface area contributed by atoms with Gasteiger partial charge in [-0.2, -0.15) is 0 Å². The van der Waals surface area contributed by atoms with Gasteiger partial charge >= 0.3 is 0 Å². The van der Waals surface area contributed by atoms with Gasteiger partial charge in [-0.3, -0.25) is 4.79 Å². The van der Waals surface area contributed by atoms with Crippen molar-refractivity contribution in [3.63, 3.8) is 0 Å². The van der Waals surface area contributed by atoms with E-state index in [0.717, 1.165) is 16.8 Å². The number of H-pyrrole nitrogens is 1. The van der Waals surface area contributed by atoms with E-state index in [9.17, 15) is 4.79 Å². The molecule has 8 nitrogen and oxygen atoms in total. The van der Waals surface area contributed by atoms with Crippen LogP contribution in [0.15, 0.2) is 54.9 Å². The summed E-state index contributed by atoms with van der Waals surface area (Å²) in [6.45, 7) is 0.397. The summed E-state index contributed by atoms with van der Waals surface area (Å²) in [5.74, 6) is 0.489. The van der Waals surface area contributed by atoms with Crippen LogP contribution >= 0.6 is 0 Å². The second-order valence-electron chi connectivity index (χ2n) is 5.50. The van der Waals surface area contributed by atoms with Crippen LogP contribution in [0.1, 0.15) is 5.82 Å². The minimum absolute atomic E-state index is 0.0955. The maximum Gasteiger partial charge on any atom is 0.242 e. The summed E-state index contributed by atoms with van der Waals surface area (Å²) in [5, 5.41) is 10.9. The topological polar surface area (TPSA) is 101 Å². The predicted molar refractivity (Wildman–Crippen MR) is 91.2 cm³/mol. The molecule has 8 heteroatoms. The maximum atomic E-state index is 12.1. The van der Waals surface area contributed by atoms with Gasteiger partial charge < -0.3 is 10.3 Å². The van der Waals surface area contributed by atoms with Crippen molar-refractivity contribution in [1.29, 1.82) is 0 Å². The van der Waals surface area contributed by atoms with E-state index in [1.807, 2.05) is 42.5 Å². The zero-order valence-electron chi connectivity index (χ0n) is 13.3. The third-order valence-corrected chi connectivity index (χ3v) is 3.67. The number of aromatic amines is 1. The fourth-order valence-corrected chi connectivity index (χ4v) is 2.48. The average Bonchev–Trinajstić information content (AvgIpc) is 3.27. The summed E-state index contributed by atoms with van der Waals surface area (Å²) in [6.07, 6.45) is 3.43. The van der Waals surface area contributed by atoms with Gasteiger partial charge in [0.15, 0.2) is 5.65 Å². The molecule has 0 atom stereocenters. The van der Waals surface area contributed by atoms with Gasteiger partial charge in [-0.25, -0.2) is 14.6 Å². The standard InChI is InChI=1S/C17H15N7O/c25-16(19-9-15-20-13-7-4-8-18-17(13)21-15)11-24-10-14(22-23-24)12-5-2-1-3-6-12/h1-8,10H,9,11H2,(H,19,25)(H,18,20,21). The number of nitrogens with zero attached hydrogens (tertiary/aromatic N) is 5. The lowest BCUT2D eigenvalue weighted by Crippen LogP contribution is -2.27. The Labute approximate surface area is 142 Å². The van der Waals surface area contributed by atoms with Crippen LogP contribution in [-0.2, 0) is 17.9 Å². The van der Waals surface area contributed by atoms with Gasteiger partial charge in [0.1, 0.15) is 18.1 Å². The number of aromatic nitrogens is 6. The van der Waals surface area contributed by atoms with Crippen molar-refractivity contribution in [2.24, 2.45) is 0 Å². The molecule has 0 saturated heterocycles. The number of rotatable bonds is 5. The van der Waals surface area contributed by atoms with Crippen LogP contribution in [0, 0.1) is 0 Å². The number of benzene rings is 1. The molecule has 0 spiro atoms. The number of fused-ring (bicyclic) bond motifs is 1. The molecule has 3 heterocycles. The zero-order chi connectivity index (χ0) is 17.1. The zero-order valence-corrected chi connectivity index (χ0v) is 13.3. The molecule has 4 aromatic rings. The molecule has 2 N–H and O–H groups in total. The van der Waals surface area contributed by atoms with Gasteiger partial charge in [-0.05, 0) is 12.1 Å². The molecular weight excluding hydrogens is 318 g/mol. The summed E-state index contributed by atoms with van der Waals surface area (Å²) < 4.78 is 1.51. The molecular formula is C17H15N7O. The molecule has 4 rings (SSSR count). The smallest absolute Gasteiger partial charge is 0.242 e. The third-order valence-electron chi connectivity index (χ3n) is 3.67. The highest BCUT2D eigenvalue weighted by Gasteiger charge is 2.09. The molecule has 3 aromatic heterocycles. The highest BCUT2D eigenvalue weighted by Crippen LogP contribution is 2.14. The van der Waals surface area contributed by atoms with Crippen LogP contribution in [0.25, 0.3) is 22.4 Å². The predicted octanol–water partition coefficient (Wildman–Crippen LogP) is 1.53. The lowest BCUT2D eigenvalue weighted by atomic mass is 10.2. The molecule has 0 aliphatic rings. The van der Waals surface area contributed by atoms with Crippen molar-refractivity contribution < 1.29 is 4.79 Å². The minimum Gasteiger partial charge on any atom is -0.347 e. The lowest BCUT2D eigenvalue weighted by molar-refractivity contribution is -0.122. The van der Waals surface area contributed by atoms with Crippen LogP contribution in [0.5, 0.6) is 0 Å². The van der Waals surface area contributed by atoms with Gasteiger partial charge in [-0.15, -0.1) is 5.10 Å². The molecule has 0 aliphatic carbocycles. The normalized spacial score (nSPS) is 10.9. The van der Waals surface area contributed by atoms with Crippen LogP contribution < -0.4 is 5.32 Å². The molecule has 0 unspecified atom stereocenters. The first-order valence-electron chi connectivity index (χ1n) is 7.80. The van der Waals surface area contributed by atoms with Crippen molar-refractivity contribution >= 4 is 17.1 Å². The minimum atomic E-state index is -0.169. The first kappa shape index (κ1) is 15.0. The summed E-state index contributed by atoms with van der Waals surface area (Å²) in [5.41, 5.74) is 3.17. The van der Waals surface area contributed by atoms with E-state index in [1.165, 1.54) is 4.68 Å². The highest BCUT2D eigenvalue weighted by molar-refractivity contribution is 5.76. The van der Waals surface area contributed by atoms with Crippen LogP contribution in [0.3, 0.4) is 0 Å². The highest BCUT2D eigenvalue weighted by atomic mass is 16.2. The molecule has 1 amide bonds. The molecule has 1 aromatic carbocycles. The third kappa shape index (κ3) is 3.37. The molecule has 0 fully saturated rings. The van der Waals surface area contributed by atoms with Gasteiger partial charge in [-0.1, -0.05) is 35.5 Å². The second kappa shape index (κ2) is 6.52. The molecule has 0 bridgehead atoms. The van der Waals surface area contributed by atoms with Crippen molar-refractivity contribution in [3.8, 4) is 11.3 Å². The first-order chi connectivity index (χ1) is 12.3. The summed E-state index contributed by atoms with van der Waals surface area (Å²) in [4.78, 5) is 23.7. The van der Waals surface area contributed by atoms with E-state index in [4.69, 9.17) is 0 Å². The van der Waals surface area contributed by atoms with E-state index in [-0.39, 0.29) is 12.5 Å². The van der Waals surface area contributed by atoms with E-state index in [0.29, 0.717) is 18.0 Å². The number of imidazole rings is 1. The van der Waals surface area contributed by atoms with Gasteiger partial charge in [0.25, 0.3) is 0 Å². The Hall–Kier alpha value is -3.55. The molecule has 0 radical (unpaired) electrons. The van der Waals surface area contributed by atoms with Crippen molar-refractivity contribution in [3.05, 3.63) is 60.7 Å². The molecule has 0 saturated carbocycles. The number of amides is 1. The van der Waals surface area contributed by atoms with Crippen LogP contribution in [-0.4, -0.2) is 35.9 Å². The van der Waals surface area contributed by atoms with Crippen LogP contribution in [0.2, 0.25) is 0 Å². The molecule has 25 heavy (non-hydrogen) atoms. The van der Waals surface area contributed by atoms with Gasteiger partial charge in [0, 0.05) is 11.8 Å². The van der Waals surface area contributed by atoms with E-state index < -0.39 is 0 Å². The Balaban J connectivity index is 1.37. The number of hydrogen-bond donors (Lipinski definition) is 2. The fraction of sp³-hybridized carbons (Fsp3) is 0.118. The maximum absolute atomic E-state index is 12.1. The monoisotopic (exact) mass is 333 g/mol. The van der Waals surface area contributed by atoms with E-state index in [1.54, 1.807) is 12.4 Å². The second-order valence-corrected chi connectivity index (χ2v) is 5.50. The number of hydrogen-bond acceptors (Lipinski definition) is 5.